The number of rotatable bonds is 6. The second-order valence-corrected chi connectivity index (χ2v) is 6.32. The molecule has 1 aromatic carbocycles. The van der Waals surface area contributed by atoms with Gasteiger partial charge in [0.1, 0.15) is 12.4 Å². The maximum Gasteiger partial charge on any atom is 0.233 e. The molecule has 0 heterocycles. The molecule has 4 heteroatoms. The first-order chi connectivity index (χ1) is 8.91. The Balaban J connectivity index is 2.53. The van der Waals surface area contributed by atoms with Crippen LogP contribution in [0.5, 0.6) is 5.75 Å². The molecule has 1 rings (SSSR count). The van der Waals surface area contributed by atoms with Crippen molar-refractivity contribution in [1.82, 2.24) is 5.32 Å². The highest BCUT2D eigenvalue weighted by Crippen LogP contribution is 2.27. The molecule has 1 unspecified atom stereocenters. The lowest BCUT2D eigenvalue weighted by atomic mass is 10.0. The van der Waals surface area contributed by atoms with E-state index in [4.69, 9.17) is 4.74 Å². The van der Waals surface area contributed by atoms with Gasteiger partial charge >= 0.3 is 0 Å². The predicted molar refractivity (Wildman–Crippen MR) is 82.2 cm³/mol. The Morgan fingerprint density at radius 1 is 1.37 bits per heavy atom. The van der Waals surface area contributed by atoms with Crippen LogP contribution in [0.2, 0.25) is 0 Å². The monoisotopic (exact) mass is 327 g/mol. The molecule has 1 aromatic rings. The fourth-order valence-electron chi connectivity index (χ4n) is 1.72. The summed E-state index contributed by atoms with van der Waals surface area (Å²) in [5.41, 5.74) is 2.38. The van der Waals surface area contributed by atoms with Gasteiger partial charge in [-0.3, -0.25) is 4.79 Å². The molecule has 0 fully saturated rings. The highest BCUT2D eigenvalue weighted by molar-refractivity contribution is 9.10. The van der Waals surface area contributed by atoms with E-state index in [1.54, 1.807) is 6.92 Å². The molecule has 0 radical (unpaired) electrons. The van der Waals surface area contributed by atoms with Crippen molar-refractivity contribution in [1.29, 1.82) is 0 Å². The minimum atomic E-state index is -0.169. The van der Waals surface area contributed by atoms with Gasteiger partial charge in [-0.15, -0.1) is 0 Å². The smallest absolute Gasteiger partial charge is 0.233 e. The van der Waals surface area contributed by atoms with Gasteiger partial charge in [0.05, 0.1) is 11.4 Å². The van der Waals surface area contributed by atoms with Crippen molar-refractivity contribution >= 4 is 21.8 Å². The second kappa shape index (κ2) is 7.53. The standard InChI is InChI=1S/C15H22BrNO2/c1-10(2)13-6-5-11(3)9-14(13)19-8-7-17-15(18)12(4)16/h5-6,9-10,12H,7-8H2,1-4H3,(H,17,18). The molecule has 0 saturated heterocycles. The number of hydrogen-bond acceptors (Lipinski definition) is 2. The van der Waals surface area contributed by atoms with Crippen LogP contribution in [-0.2, 0) is 4.79 Å². The summed E-state index contributed by atoms with van der Waals surface area (Å²) >= 11 is 3.22. The number of benzene rings is 1. The third kappa shape index (κ3) is 5.23. The van der Waals surface area contributed by atoms with Crippen LogP contribution in [0.1, 0.15) is 37.8 Å². The number of hydrogen-bond donors (Lipinski definition) is 1. The highest BCUT2D eigenvalue weighted by Gasteiger charge is 2.09. The number of aryl methyl sites for hydroxylation is 1. The van der Waals surface area contributed by atoms with E-state index in [1.165, 1.54) is 11.1 Å². The number of amides is 1. The van der Waals surface area contributed by atoms with Crippen molar-refractivity contribution < 1.29 is 9.53 Å². The summed E-state index contributed by atoms with van der Waals surface area (Å²) in [6.07, 6.45) is 0. The summed E-state index contributed by atoms with van der Waals surface area (Å²) in [4.78, 5) is 11.2. The Kier molecular flexibility index (Phi) is 6.35. The average Bonchev–Trinajstić information content (AvgIpc) is 2.33. The van der Waals surface area contributed by atoms with Crippen LogP contribution in [0.3, 0.4) is 0 Å². The highest BCUT2D eigenvalue weighted by atomic mass is 79.9. The molecule has 19 heavy (non-hydrogen) atoms. The van der Waals surface area contributed by atoms with Crippen LogP contribution in [0.15, 0.2) is 18.2 Å². The molecule has 0 aliphatic rings. The largest absolute Gasteiger partial charge is 0.491 e. The summed E-state index contributed by atoms with van der Waals surface area (Å²) in [6, 6.07) is 6.25. The summed E-state index contributed by atoms with van der Waals surface area (Å²) in [5.74, 6) is 1.32. The van der Waals surface area contributed by atoms with Crippen molar-refractivity contribution in [2.45, 2.75) is 38.4 Å². The fourth-order valence-corrected chi connectivity index (χ4v) is 1.88. The lowest BCUT2D eigenvalue weighted by Gasteiger charge is -2.15. The van der Waals surface area contributed by atoms with Gasteiger partial charge in [0.2, 0.25) is 5.91 Å². The number of nitrogens with one attached hydrogen (secondary N) is 1. The molecule has 1 atom stereocenters. The Morgan fingerprint density at radius 2 is 2.05 bits per heavy atom. The first-order valence-electron chi connectivity index (χ1n) is 6.57. The average molecular weight is 328 g/mol. The Bertz CT molecular complexity index is 430. The zero-order chi connectivity index (χ0) is 14.4. The summed E-state index contributed by atoms with van der Waals surface area (Å²) in [6.45, 7) is 9.13. The van der Waals surface area contributed by atoms with E-state index in [0.29, 0.717) is 19.1 Å². The zero-order valence-electron chi connectivity index (χ0n) is 12.0. The molecule has 0 saturated carbocycles. The van der Waals surface area contributed by atoms with Gasteiger partial charge in [-0.1, -0.05) is 41.9 Å². The van der Waals surface area contributed by atoms with Crippen molar-refractivity contribution in [2.24, 2.45) is 0 Å². The van der Waals surface area contributed by atoms with Crippen LogP contribution in [-0.4, -0.2) is 23.9 Å². The fraction of sp³-hybridized carbons (Fsp3) is 0.533. The topological polar surface area (TPSA) is 38.3 Å². The van der Waals surface area contributed by atoms with E-state index in [9.17, 15) is 4.79 Å². The van der Waals surface area contributed by atoms with Gasteiger partial charge in [0.25, 0.3) is 0 Å². The van der Waals surface area contributed by atoms with E-state index in [0.717, 1.165) is 5.75 Å². The summed E-state index contributed by atoms with van der Waals surface area (Å²) < 4.78 is 5.78. The van der Waals surface area contributed by atoms with Gasteiger partial charge in [-0.2, -0.15) is 0 Å². The lowest BCUT2D eigenvalue weighted by molar-refractivity contribution is -0.120. The van der Waals surface area contributed by atoms with Crippen LogP contribution in [0, 0.1) is 6.92 Å². The zero-order valence-corrected chi connectivity index (χ0v) is 13.6. The van der Waals surface area contributed by atoms with E-state index >= 15 is 0 Å². The minimum Gasteiger partial charge on any atom is -0.491 e. The van der Waals surface area contributed by atoms with Crippen molar-refractivity contribution in [3.05, 3.63) is 29.3 Å². The molecule has 1 N–H and O–H groups in total. The van der Waals surface area contributed by atoms with Gasteiger partial charge in [0.15, 0.2) is 0 Å². The number of halogens is 1. The van der Waals surface area contributed by atoms with Crippen LogP contribution < -0.4 is 10.1 Å². The van der Waals surface area contributed by atoms with Gasteiger partial charge < -0.3 is 10.1 Å². The number of carbonyl (C=O) groups excluding carboxylic acids is 1. The number of alkyl halides is 1. The molecule has 0 aliphatic carbocycles. The number of carbonyl (C=O) groups is 1. The van der Waals surface area contributed by atoms with E-state index in [-0.39, 0.29) is 10.7 Å². The molecule has 0 bridgehead atoms. The second-order valence-electron chi connectivity index (χ2n) is 4.95. The molecule has 1 amide bonds. The first kappa shape index (κ1) is 16.0. The van der Waals surface area contributed by atoms with Gasteiger partial charge in [-0.05, 0) is 37.0 Å². The third-order valence-electron chi connectivity index (χ3n) is 2.81. The molecule has 0 aromatic heterocycles. The SMILES string of the molecule is Cc1ccc(C(C)C)c(OCCNC(=O)C(C)Br)c1. The number of ether oxygens (including phenoxy) is 1. The quantitative estimate of drug-likeness (QED) is 0.642. The minimum absolute atomic E-state index is 0.0167. The van der Waals surface area contributed by atoms with E-state index in [1.807, 2.05) is 13.0 Å². The van der Waals surface area contributed by atoms with E-state index in [2.05, 4.69) is 47.2 Å². The molecular formula is C15H22BrNO2. The normalized spacial score (nSPS) is 12.3. The molecule has 3 nitrogen and oxygen atoms in total. The maximum atomic E-state index is 11.4. The van der Waals surface area contributed by atoms with Crippen LogP contribution >= 0.6 is 15.9 Å². The Hall–Kier alpha value is -1.03. The summed E-state index contributed by atoms with van der Waals surface area (Å²) in [5, 5.41) is 2.80. The lowest BCUT2D eigenvalue weighted by Crippen LogP contribution is -2.32. The van der Waals surface area contributed by atoms with Crippen LogP contribution in [0.4, 0.5) is 0 Å². The van der Waals surface area contributed by atoms with E-state index < -0.39 is 0 Å². The maximum absolute atomic E-state index is 11.4. The van der Waals surface area contributed by atoms with Gasteiger partial charge in [-0.25, -0.2) is 0 Å². The first-order valence-corrected chi connectivity index (χ1v) is 7.48. The predicted octanol–water partition coefficient (Wildman–Crippen LogP) is 3.40. The Morgan fingerprint density at radius 3 is 2.63 bits per heavy atom. The molecule has 106 valence electrons. The third-order valence-corrected chi connectivity index (χ3v) is 3.23. The van der Waals surface area contributed by atoms with Crippen molar-refractivity contribution in [2.75, 3.05) is 13.2 Å². The summed E-state index contributed by atoms with van der Waals surface area (Å²) in [7, 11) is 0. The molecule has 0 spiro atoms. The van der Waals surface area contributed by atoms with Crippen molar-refractivity contribution in [3.8, 4) is 5.75 Å². The van der Waals surface area contributed by atoms with Crippen molar-refractivity contribution in [3.63, 3.8) is 0 Å². The molecule has 0 aliphatic heterocycles. The molecular weight excluding hydrogens is 306 g/mol. The van der Waals surface area contributed by atoms with Crippen LogP contribution in [0.25, 0.3) is 0 Å². The Labute approximate surface area is 123 Å². The van der Waals surface area contributed by atoms with Gasteiger partial charge in [0, 0.05) is 0 Å².